The molecule has 9 heteroatoms. The molecular formula is C20H24N6O3. The van der Waals surface area contributed by atoms with Crippen LogP contribution in [0.15, 0.2) is 47.2 Å². The van der Waals surface area contributed by atoms with Crippen LogP contribution in [0.2, 0.25) is 0 Å². The third-order valence-corrected chi connectivity index (χ3v) is 4.13. The number of aliphatic imine (C=N–C) groups is 1. The molecule has 0 aliphatic carbocycles. The Hall–Kier alpha value is -3.30. The SMILES string of the molecule is COCCCOc1ccc2[nH]nc(-c3nccc(N=CC(=CN)CCO)n3)c2c1. The quantitative estimate of drug-likeness (QED) is 0.354. The number of fused-ring (bicyclic) bond motifs is 1. The molecule has 0 aliphatic heterocycles. The highest BCUT2D eigenvalue weighted by atomic mass is 16.5. The number of aliphatic hydroxyl groups excluding tert-OH is 1. The molecule has 2 aromatic heterocycles. The number of H-pyrrole nitrogens is 1. The predicted molar refractivity (Wildman–Crippen MR) is 111 cm³/mol. The summed E-state index contributed by atoms with van der Waals surface area (Å²) < 4.78 is 10.8. The van der Waals surface area contributed by atoms with E-state index in [0.29, 0.717) is 42.5 Å². The molecule has 0 atom stereocenters. The van der Waals surface area contributed by atoms with Crippen molar-refractivity contribution in [1.82, 2.24) is 20.2 Å². The average Bonchev–Trinajstić information content (AvgIpc) is 3.18. The zero-order valence-electron chi connectivity index (χ0n) is 16.2. The Kier molecular flexibility index (Phi) is 7.26. The van der Waals surface area contributed by atoms with Gasteiger partial charge in [-0.2, -0.15) is 5.10 Å². The number of methoxy groups -OCH3 is 1. The minimum Gasteiger partial charge on any atom is -0.493 e. The number of ether oxygens (including phenoxy) is 2. The van der Waals surface area contributed by atoms with Crippen molar-refractivity contribution in [1.29, 1.82) is 0 Å². The number of nitrogens with one attached hydrogen (secondary N) is 1. The van der Waals surface area contributed by atoms with Crippen molar-refractivity contribution in [2.45, 2.75) is 12.8 Å². The van der Waals surface area contributed by atoms with Crippen LogP contribution in [0, 0.1) is 0 Å². The lowest BCUT2D eigenvalue weighted by Gasteiger charge is -2.06. The standard InChI is InChI=1S/C20H24N6O3/c1-28-9-2-10-29-15-3-4-17-16(11-15)19(26-25-17)20-22-7-5-18(24-20)23-13-14(12-21)6-8-27/h3-5,7,11-13,27H,2,6,8-10,21H2,1H3,(H,25,26). The van der Waals surface area contributed by atoms with E-state index in [9.17, 15) is 0 Å². The van der Waals surface area contributed by atoms with Crippen molar-refractivity contribution in [3.05, 3.63) is 42.2 Å². The van der Waals surface area contributed by atoms with Crippen LogP contribution in [0.5, 0.6) is 5.75 Å². The minimum atomic E-state index is -0.000784. The molecule has 3 rings (SSSR count). The Balaban J connectivity index is 1.83. The van der Waals surface area contributed by atoms with E-state index < -0.39 is 0 Å². The molecule has 0 aliphatic rings. The molecule has 29 heavy (non-hydrogen) atoms. The summed E-state index contributed by atoms with van der Waals surface area (Å²) in [5.74, 6) is 1.66. The van der Waals surface area contributed by atoms with E-state index in [1.165, 1.54) is 6.20 Å². The summed E-state index contributed by atoms with van der Waals surface area (Å²) in [5, 5.41) is 17.2. The summed E-state index contributed by atoms with van der Waals surface area (Å²) in [7, 11) is 1.67. The molecule has 1 aromatic carbocycles. The monoisotopic (exact) mass is 396 g/mol. The number of hydrogen-bond acceptors (Lipinski definition) is 8. The number of nitrogens with two attached hydrogens (primary N) is 1. The van der Waals surface area contributed by atoms with Gasteiger partial charge in [-0.05, 0) is 36.4 Å². The maximum atomic E-state index is 9.03. The van der Waals surface area contributed by atoms with Gasteiger partial charge in [-0.25, -0.2) is 15.0 Å². The summed E-state index contributed by atoms with van der Waals surface area (Å²) in [6.45, 7) is 1.22. The molecule has 0 radical (unpaired) electrons. The number of benzene rings is 1. The lowest BCUT2D eigenvalue weighted by Crippen LogP contribution is -2.01. The van der Waals surface area contributed by atoms with Crippen molar-refractivity contribution in [3.8, 4) is 17.3 Å². The van der Waals surface area contributed by atoms with E-state index in [2.05, 4.69) is 25.2 Å². The molecular weight excluding hydrogens is 372 g/mol. The maximum absolute atomic E-state index is 9.03. The highest BCUT2D eigenvalue weighted by Gasteiger charge is 2.12. The highest BCUT2D eigenvalue weighted by Crippen LogP contribution is 2.28. The van der Waals surface area contributed by atoms with Crippen LogP contribution in [-0.2, 0) is 4.74 Å². The van der Waals surface area contributed by atoms with Crippen LogP contribution < -0.4 is 10.5 Å². The molecule has 0 bridgehead atoms. The molecule has 0 unspecified atom stereocenters. The van der Waals surface area contributed by atoms with Crippen LogP contribution in [-0.4, -0.2) is 58.4 Å². The predicted octanol–water partition coefficient (Wildman–Crippen LogP) is 2.36. The summed E-state index contributed by atoms with van der Waals surface area (Å²) in [6.07, 6.45) is 5.85. The topological polar surface area (TPSA) is 132 Å². The Morgan fingerprint density at radius 1 is 1.31 bits per heavy atom. The molecule has 0 saturated heterocycles. The van der Waals surface area contributed by atoms with Crippen LogP contribution in [0.25, 0.3) is 22.4 Å². The fourth-order valence-corrected chi connectivity index (χ4v) is 2.65. The summed E-state index contributed by atoms with van der Waals surface area (Å²) in [4.78, 5) is 13.1. The number of aromatic amines is 1. The first kappa shape index (κ1) is 20.4. The molecule has 3 aromatic rings. The van der Waals surface area contributed by atoms with Gasteiger partial charge in [0.15, 0.2) is 11.6 Å². The van der Waals surface area contributed by atoms with Gasteiger partial charge in [0.2, 0.25) is 0 Å². The smallest absolute Gasteiger partial charge is 0.182 e. The van der Waals surface area contributed by atoms with E-state index in [0.717, 1.165) is 23.1 Å². The molecule has 0 fully saturated rings. The molecule has 2 heterocycles. The normalized spacial score (nSPS) is 12.1. The Bertz CT molecular complexity index is 999. The Morgan fingerprint density at radius 2 is 2.21 bits per heavy atom. The largest absolute Gasteiger partial charge is 0.493 e. The van der Waals surface area contributed by atoms with Crippen LogP contribution in [0.3, 0.4) is 0 Å². The van der Waals surface area contributed by atoms with E-state index >= 15 is 0 Å². The number of hydrogen-bond donors (Lipinski definition) is 3. The first-order valence-electron chi connectivity index (χ1n) is 9.24. The molecule has 9 nitrogen and oxygen atoms in total. The van der Waals surface area contributed by atoms with Gasteiger partial charge in [-0.1, -0.05) is 0 Å². The van der Waals surface area contributed by atoms with E-state index in [1.54, 1.807) is 25.6 Å². The summed E-state index contributed by atoms with van der Waals surface area (Å²) in [5.41, 5.74) is 7.72. The molecule has 0 saturated carbocycles. The zero-order valence-corrected chi connectivity index (χ0v) is 16.2. The second kappa shape index (κ2) is 10.3. The first-order chi connectivity index (χ1) is 14.2. The molecule has 4 N–H and O–H groups in total. The number of aromatic nitrogens is 4. The van der Waals surface area contributed by atoms with Gasteiger partial charge in [0.25, 0.3) is 0 Å². The van der Waals surface area contributed by atoms with E-state index in [4.69, 9.17) is 20.3 Å². The second-order valence-electron chi connectivity index (χ2n) is 6.19. The van der Waals surface area contributed by atoms with Gasteiger partial charge < -0.3 is 20.3 Å². The summed E-state index contributed by atoms with van der Waals surface area (Å²) >= 11 is 0. The van der Waals surface area contributed by atoms with Crippen molar-refractivity contribution in [3.63, 3.8) is 0 Å². The van der Waals surface area contributed by atoms with Gasteiger partial charge in [0.1, 0.15) is 11.4 Å². The third kappa shape index (κ3) is 5.37. The van der Waals surface area contributed by atoms with Gasteiger partial charge in [-0.15, -0.1) is 0 Å². The molecule has 0 spiro atoms. The lowest BCUT2D eigenvalue weighted by atomic mass is 10.2. The van der Waals surface area contributed by atoms with E-state index in [-0.39, 0.29) is 6.61 Å². The first-order valence-corrected chi connectivity index (χ1v) is 9.24. The second-order valence-corrected chi connectivity index (χ2v) is 6.19. The highest BCUT2D eigenvalue weighted by molar-refractivity contribution is 5.92. The fraction of sp³-hybridized carbons (Fsp3) is 0.300. The minimum absolute atomic E-state index is 0.000784. The van der Waals surface area contributed by atoms with Crippen molar-refractivity contribution in [2.24, 2.45) is 10.7 Å². The van der Waals surface area contributed by atoms with Gasteiger partial charge >= 0.3 is 0 Å². The van der Waals surface area contributed by atoms with Gasteiger partial charge in [-0.3, -0.25) is 5.10 Å². The van der Waals surface area contributed by atoms with Crippen molar-refractivity contribution in [2.75, 3.05) is 26.9 Å². The Labute approximate surface area is 168 Å². The maximum Gasteiger partial charge on any atom is 0.182 e. The third-order valence-electron chi connectivity index (χ3n) is 4.13. The lowest BCUT2D eigenvalue weighted by molar-refractivity contribution is 0.172. The summed E-state index contributed by atoms with van der Waals surface area (Å²) in [6, 6.07) is 7.40. The number of nitrogens with zero attached hydrogens (tertiary/aromatic N) is 4. The van der Waals surface area contributed by atoms with Crippen molar-refractivity contribution < 1.29 is 14.6 Å². The van der Waals surface area contributed by atoms with Gasteiger partial charge in [0, 0.05) is 50.6 Å². The fourth-order valence-electron chi connectivity index (χ4n) is 2.65. The Morgan fingerprint density at radius 3 is 3.00 bits per heavy atom. The van der Waals surface area contributed by atoms with Crippen molar-refractivity contribution >= 4 is 22.9 Å². The van der Waals surface area contributed by atoms with Gasteiger partial charge in [0.05, 0.1) is 12.1 Å². The van der Waals surface area contributed by atoms with Crippen LogP contribution >= 0.6 is 0 Å². The average molecular weight is 396 g/mol. The van der Waals surface area contributed by atoms with Crippen LogP contribution in [0.4, 0.5) is 5.82 Å². The number of aliphatic hydroxyl groups is 1. The van der Waals surface area contributed by atoms with E-state index in [1.807, 2.05) is 18.2 Å². The molecule has 152 valence electrons. The zero-order chi connectivity index (χ0) is 20.5. The molecule has 0 amide bonds. The number of rotatable bonds is 10. The van der Waals surface area contributed by atoms with Crippen LogP contribution in [0.1, 0.15) is 12.8 Å².